The van der Waals surface area contributed by atoms with Gasteiger partial charge in [-0.05, 0) is 38.8 Å². The van der Waals surface area contributed by atoms with Gasteiger partial charge in [0.05, 0.1) is 5.56 Å². The Morgan fingerprint density at radius 1 is 1.16 bits per heavy atom. The highest BCUT2D eigenvalue weighted by Crippen LogP contribution is 2.19. The summed E-state index contributed by atoms with van der Waals surface area (Å²) in [4.78, 5) is 14.6. The molecule has 3 nitrogen and oxygen atoms in total. The van der Waals surface area contributed by atoms with Crippen molar-refractivity contribution in [1.82, 2.24) is 4.90 Å². The summed E-state index contributed by atoms with van der Waals surface area (Å²) in [5.41, 5.74) is 2.86. The van der Waals surface area contributed by atoms with Crippen molar-refractivity contribution >= 4 is 11.6 Å². The monoisotopic (exact) mass is 262 g/mol. The fraction of sp³-hybridized carbons (Fsp3) is 0.562. The first kappa shape index (κ1) is 15.5. The Balaban J connectivity index is 3.03. The Labute approximate surface area is 117 Å². The zero-order chi connectivity index (χ0) is 14.3. The molecule has 0 aromatic heterocycles. The van der Waals surface area contributed by atoms with Crippen LogP contribution in [0.5, 0.6) is 0 Å². The van der Waals surface area contributed by atoms with Gasteiger partial charge in [-0.15, -0.1) is 0 Å². The van der Waals surface area contributed by atoms with E-state index in [1.54, 1.807) is 0 Å². The predicted molar refractivity (Wildman–Crippen MR) is 81.8 cm³/mol. The lowest BCUT2D eigenvalue weighted by atomic mass is 10.1. The van der Waals surface area contributed by atoms with E-state index in [2.05, 4.69) is 19.2 Å². The molecule has 0 heterocycles. The topological polar surface area (TPSA) is 32.3 Å². The number of nitrogens with one attached hydrogen (secondary N) is 1. The summed E-state index contributed by atoms with van der Waals surface area (Å²) < 4.78 is 0. The van der Waals surface area contributed by atoms with Crippen molar-refractivity contribution in [2.24, 2.45) is 0 Å². The fourth-order valence-corrected chi connectivity index (χ4v) is 2.20. The molecule has 0 radical (unpaired) electrons. The van der Waals surface area contributed by atoms with Gasteiger partial charge in [0.1, 0.15) is 0 Å². The molecule has 0 spiro atoms. The molecular formula is C16H26N2O. The maximum absolute atomic E-state index is 12.7. The van der Waals surface area contributed by atoms with Crippen molar-refractivity contribution in [2.45, 2.75) is 40.5 Å². The van der Waals surface area contributed by atoms with Gasteiger partial charge in [0, 0.05) is 25.3 Å². The van der Waals surface area contributed by atoms with Crippen LogP contribution < -0.4 is 5.32 Å². The number of anilines is 1. The van der Waals surface area contributed by atoms with E-state index in [0.717, 1.165) is 49.3 Å². The minimum atomic E-state index is 0.142. The second-order valence-electron chi connectivity index (χ2n) is 4.87. The SMILES string of the molecule is CCCN(CCC)C(=O)c1cc(C)ccc1NCC. The molecule has 1 aromatic rings. The van der Waals surface area contributed by atoms with Crippen molar-refractivity contribution < 1.29 is 4.79 Å². The molecule has 0 aliphatic heterocycles. The Kier molecular flexibility index (Phi) is 6.40. The minimum Gasteiger partial charge on any atom is -0.385 e. The quantitative estimate of drug-likeness (QED) is 0.813. The van der Waals surface area contributed by atoms with Crippen LogP contribution >= 0.6 is 0 Å². The number of nitrogens with zero attached hydrogens (tertiary/aromatic N) is 1. The van der Waals surface area contributed by atoms with Crippen LogP contribution in [0.15, 0.2) is 18.2 Å². The van der Waals surface area contributed by atoms with Gasteiger partial charge in [-0.2, -0.15) is 0 Å². The normalized spacial score (nSPS) is 10.3. The highest BCUT2D eigenvalue weighted by molar-refractivity contribution is 5.99. The van der Waals surface area contributed by atoms with Crippen molar-refractivity contribution in [2.75, 3.05) is 25.0 Å². The molecule has 0 saturated heterocycles. The van der Waals surface area contributed by atoms with E-state index in [-0.39, 0.29) is 5.91 Å². The lowest BCUT2D eigenvalue weighted by Gasteiger charge is -2.23. The van der Waals surface area contributed by atoms with E-state index in [1.165, 1.54) is 0 Å². The molecule has 0 unspecified atom stereocenters. The van der Waals surface area contributed by atoms with E-state index in [4.69, 9.17) is 0 Å². The van der Waals surface area contributed by atoms with Crippen LogP contribution in [0.25, 0.3) is 0 Å². The predicted octanol–water partition coefficient (Wildman–Crippen LogP) is 3.69. The van der Waals surface area contributed by atoms with Crippen LogP contribution in [0.2, 0.25) is 0 Å². The smallest absolute Gasteiger partial charge is 0.255 e. The molecular weight excluding hydrogens is 236 g/mol. The third kappa shape index (κ3) is 4.27. The van der Waals surface area contributed by atoms with Crippen LogP contribution in [0.4, 0.5) is 5.69 Å². The number of hydrogen-bond acceptors (Lipinski definition) is 2. The van der Waals surface area contributed by atoms with E-state index < -0.39 is 0 Å². The second kappa shape index (κ2) is 7.82. The van der Waals surface area contributed by atoms with Crippen molar-refractivity contribution in [3.05, 3.63) is 29.3 Å². The number of aryl methyl sites for hydroxylation is 1. The molecule has 106 valence electrons. The molecule has 0 aliphatic carbocycles. The van der Waals surface area contributed by atoms with Gasteiger partial charge in [-0.3, -0.25) is 4.79 Å². The summed E-state index contributed by atoms with van der Waals surface area (Å²) in [6, 6.07) is 6.03. The summed E-state index contributed by atoms with van der Waals surface area (Å²) in [6.07, 6.45) is 1.99. The van der Waals surface area contributed by atoms with Gasteiger partial charge in [-0.1, -0.05) is 25.5 Å². The van der Waals surface area contributed by atoms with Gasteiger partial charge < -0.3 is 10.2 Å². The Morgan fingerprint density at radius 2 is 1.79 bits per heavy atom. The number of amides is 1. The molecule has 1 rings (SSSR count). The molecule has 0 aliphatic rings. The van der Waals surface area contributed by atoms with Crippen molar-refractivity contribution in [3.8, 4) is 0 Å². The molecule has 0 fully saturated rings. The summed E-state index contributed by atoms with van der Waals surface area (Å²) >= 11 is 0. The lowest BCUT2D eigenvalue weighted by Crippen LogP contribution is -2.33. The van der Waals surface area contributed by atoms with Crippen LogP contribution in [0.1, 0.15) is 49.5 Å². The molecule has 0 atom stereocenters. The molecule has 0 saturated carbocycles. The highest BCUT2D eigenvalue weighted by atomic mass is 16.2. The molecule has 0 bridgehead atoms. The van der Waals surface area contributed by atoms with Crippen LogP contribution in [-0.2, 0) is 0 Å². The third-order valence-electron chi connectivity index (χ3n) is 3.05. The molecule has 1 amide bonds. The zero-order valence-corrected chi connectivity index (χ0v) is 12.6. The third-order valence-corrected chi connectivity index (χ3v) is 3.05. The van der Waals surface area contributed by atoms with Crippen LogP contribution in [0.3, 0.4) is 0 Å². The molecule has 19 heavy (non-hydrogen) atoms. The maximum Gasteiger partial charge on any atom is 0.255 e. The van der Waals surface area contributed by atoms with E-state index in [1.807, 2.05) is 36.9 Å². The van der Waals surface area contributed by atoms with Crippen molar-refractivity contribution in [1.29, 1.82) is 0 Å². The van der Waals surface area contributed by atoms with Gasteiger partial charge in [0.15, 0.2) is 0 Å². The summed E-state index contributed by atoms with van der Waals surface area (Å²) in [6.45, 7) is 10.8. The van der Waals surface area contributed by atoms with Gasteiger partial charge in [0.25, 0.3) is 5.91 Å². The number of benzene rings is 1. The number of carbonyl (C=O) groups excluding carboxylic acids is 1. The van der Waals surface area contributed by atoms with Gasteiger partial charge in [0.2, 0.25) is 0 Å². The average Bonchev–Trinajstić information content (AvgIpc) is 2.40. The van der Waals surface area contributed by atoms with E-state index >= 15 is 0 Å². The summed E-state index contributed by atoms with van der Waals surface area (Å²) in [7, 11) is 0. The Hall–Kier alpha value is -1.51. The number of hydrogen-bond donors (Lipinski definition) is 1. The first-order valence-corrected chi connectivity index (χ1v) is 7.27. The molecule has 3 heteroatoms. The Morgan fingerprint density at radius 3 is 2.32 bits per heavy atom. The van der Waals surface area contributed by atoms with Crippen molar-refractivity contribution in [3.63, 3.8) is 0 Å². The molecule has 1 aromatic carbocycles. The molecule has 1 N–H and O–H groups in total. The highest BCUT2D eigenvalue weighted by Gasteiger charge is 2.17. The zero-order valence-electron chi connectivity index (χ0n) is 12.6. The summed E-state index contributed by atoms with van der Waals surface area (Å²) in [5, 5.41) is 3.28. The number of carbonyl (C=O) groups is 1. The first-order valence-electron chi connectivity index (χ1n) is 7.27. The van der Waals surface area contributed by atoms with Gasteiger partial charge >= 0.3 is 0 Å². The largest absolute Gasteiger partial charge is 0.385 e. The van der Waals surface area contributed by atoms with E-state index in [0.29, 0.717) is 0 Å². The summed E-state index contributed by atoms with van der Waals surface area (Å²) in [5.74, 6) is 0.142. The van der Waals surface area contributed by atoms with Gasteiger partial charge in [-0.25, -0.2) is 0 Å². The van der Waals surface area contributed by atoms with Crippen LogP contribution in [0, 0.1) is 6.92 Å². The lowest BCUT2D eigenvalue weighted by molar-refractivity contribution is 0.0756. The Bertz CT molecular complexity index is 409. The standard InChI is InChI=1S/C16H26N2O/c1-5-10-18(11-6-2)16(19)14-12-13(4)8-9-15(14)17-7-3/h8-9,12,17H,5-7,10-11H2,1-4H3. The van der Waals surface area contributed by atoms with E-state index in [9.17, 15) is 4.79 Å². The fourth-order valence-electron chi connectivity index (χ4n) is 2.20. The first-order chi connectivity index (χ1) is 9.13. The second-order valence-corrected chi connectivity index (χ2v) is 4.87. The minimum absolute atomic E-state index is 0.142. The average molecular weight is 262 g/mol. The maximum atomic E-state index is 12.7. The van der Waals surface area contributed by atoms with Crippen LogP contribution in [-0.4, -0.2) is 30.4 Å². The number of rotatable bonds is 7.